The quantitative estimate of drug-likeness (QED) is 0.192. The monoisotopic (exact) mass is 732 g/mol. The van der Waals surface area contributed by atoms with Gasteiger partial charge in [-0.15, -0.1) is 0 Å². The summed E-state index contributed by atoms with van der Waals surface area (Å²) in [5, 5.41) is 10.2. The van der Waals surface area contributed by atoms with E-state index in [0.29, 0.717) is 5.84 Å². The molecule has 6 heteroatoms. The summed E-state index contributed by atoms with van der Waals surface area (Å²) in [5.74, 6) is 1.46. The molecule has 1 aliphatic rings. The van der Waals surface area contributed by atoms with E-state index in [0.717, 1.165) is 83.2 Å². The summed E-state index contributed by atoms with van der Waals surface area (Å²) < 4.78 is 15.6. The maximum absolute atomic E-state index is 6.76. The van der Waals surface area contributed by atoms with E-state index in [2.05, 4.69) is 143 Å². The zero-order valence-electron chi connectivity index (χ0n) is 30.6. The van der Waals surface area contributed by atoms with Gasteiger partial charge in [0.15, 0.2) is 5.84 Å². The third-order valence-corrected chi connectivity index (χ3v) is 11.3. The van der Waals surface area contributed by atoms with Crippen molar-refractivity contribution in [2.45, 2.75) is 6.17 Å². The lowest BCUT2D eigenvalue weighted by Crippen LogP contribution is -2.33. The van der Waals surface area contributed by atoms with Crippen LogP contribution in [0.1, 0.15) is 22.9 Å². The summed E-state index contributed by atoms with van der Waals surface area (Å²) >= 11 is 0. The molecule has 0 amide bonds. The summed E-state index contributed by atoms with van der Waals surface area (Å²) in [7, 11) is 0. The average Bonchev–Trinajstić information content (AvgIpc) is 3.95. The van der Waals surface area contributed by atoms with Gasteiger partial charge in [0.2, 0.25) is 0 Å². The van der Waals surface area contributed by atoms with Gasteiger partial charge in [0.05, 0.1) is 11.0 Å². The first-order valence-electron chi connectivity index (χ1n) is 19.2. The Morgan fingerprint density at radius 3 is 1.93 bits per heavy atom. The molecule has 268 valence electrons. The highest BCUT2D eigenvalue weighted by molar-refractivity contribution is 6.16. The van der Waals surface area contributed by atoms with Crippen molar-refractivity contribution >= 4 is 77.4 Å². The number of para-hydroxylation sites is 3. The highest BCUT2D eigenvalue weighted by atomic mass is 16.3. The second-order valence-corrected chi connectivity index (χ2v) is 14.6. The molecule has 0 saturated heterocycles. The van der Waals surface area contributed by atoms with Gasteiger partial charge in [-0.2, -0.15) is 0 Å². The van der Waals surface area contributed by atoms with Crippen LogP contribution in [0.3, 0.4) is 0 Å². The van der Waals surface area contributed by atoms with Gasteiger partial charge >= 0.3 is 0 Å². The minimum atomic E-state index is -0.269. The van der Waals surface area contributed by atoms with Crippen molar-refractivity contribution in [2.75, 3.05) is 0 Å². The molecule has 57 heavy (non-hydrogen) atoms. The number of aromatic nitrogens is 1. The zero-order valence-corrected chi connectivity index (χ0v) is 30.6. The second kappa shape index (κ2) is 12.4. The summed E-state index contributed by atoms with van der Waals surface area (Å²) in [6.07, 6.45) is -0.269. The van der Waals surface area contributed by atoms with E-state index in [9.17, 15) is 0 Å². The maximum atomic E-state index is 6.76. The Morgan fingerprint density at radius 2 is 1.12 bits per heavy atom. The Kier molecular flexibility index (Phi) is 6.89. The van der Waals surface area contributed by atoms with Gasteiger partial charge in [-0.05, 0) is 65.7 Å². The normalized spacial score (nSPS) is 14.5. The molecule has 0 fully saturated rings. The minimum absolute atomic E-state index is 0.269. The molecule has 1 aliphatic heterocycles. The molecule has 11 aromatic rings. The Morgan fingerprint density at radius 1 is 0.456 bits per heavy atom. The van der Waals surface area contributed by atoms with Crippen molar-refractivity contribution in [3.8, 4) is 16.8 Å². The zero-order chi connectivity index (χ0) is 37.5. The fourth-order valence-corrected chi connectivity index (χ4v) is 8.57. The first kappa shape index (κ1) is 31.6. The number of fused-ring (bicyclic) bond motifs is 9. The number of rotatable bonds is 5. The van der Waals surface area contributed by atoms with Gasteiger partial charge in [-0.3, -0.25) is 0 Å². The first-order valence-corrected chi connectivity index (χ1v) is 19.2. The molecule has 8 aromatic carbocycles. The van der Waals surface area contributed by atoms with E-state index < -0.39 is 0 Å². The largest absolute Gasteiger partial charge is 0.456 e. The molecule has 1 atom stereocenters. The van der Waals surface area contributed by atoms with Gasteiger partial charge < -0.3 is 18.7 Å². The van der Waals surface area contributed by atoms with Gasteiger partial charge in [-0.1, -0.05) is 121 Å². The van der Waals surface area contributed by atoms with Crippen molar-refractivity contribution in [2.24, 2.45) is 9.98 Å². The SMILES string of the molecule is c1ccc(C2=NC(c3ccc4oc5cc(-c6cccc7c6oc6cc(-n8c9ccccc9c9ccccc98)ccc67)ccc5c4c3)=NC(c3ccccc3)N2)cc1. The molecular formula is C51H32N4O2. The molecule has 0 aliphatic carbocycles. The van der Waals surface area contributed by atoms with Gasteiger partial charge in [0, 0.05) is 60.8 Å². The van der Waals surface area contributed by atoms with Crippen LogP contribution in [0.2, 0.25) is 0 Å². The molecule has 3 aromatic heterocycles. The standard InChI is InChI=1S/C51H32N4O2/c1-3-12-31(13-4-1)49-52-50(32-14-5-2-6-15-32)54-51(53-49)34-23-27-45-42(28-34)40-25-22-33(29-46(40)56-45)36-18-11-19-41-39-26-24-35(30-47(39)57-48(36)41)55-43-20-9-7-16-37(43)38-17-8-10-21-44(38)55/h1-30,49H,(H,52,53,54). The smallest absolute Gasteiger partial charge is 0.159 e. The molecule has 0 bridgehead atoms. The number of nitrogens with zero attached hydrogens (tertiary/aromatic N) is 3. The molecule has 6 nitrogen and oxygen atoms in total. The van der Waals surface area contributed by atoms with Crippen LogP contribution in [0, 0.1) is 0 Å². The number of amidine groups is 2. The molecule has 0 saturated carbocycles. The van der Waals surface area contributed by atoms with Crippen LogP contribution in [-0.2, 0) is 0 Å². The van der Waals surface area contributed by atoms with Crippen LogP contribution in [0.4, 0.5) is 0 Å². The van der Waals surface area contributed by atoms with Crippen LogP contribution in [-0.4, -0.2) is 16.2 Å². The molecule has 1 N–H and O–H groups in total. The lowest BCUT2D eigenvalue weighted by Gasteiger charge is -2.23. The number of hydrogen-bond acceptors (Lipinski definition) is 5. The van der Waals surface area contributed by atoms with Crippen molar-refractivity contribution in [3.05, 3.63) is 199 Å². The number of aliphatic imine (C=N–C) groups is 2. The third kappa shape index (κ3) is 5.04. The Bertz CT molecular complexity index is 3390. The lowest BCUT2D eigenvalue weighted by atomic mass is 10.0. The van der Waals surface area contributed by atoms with E-state index in [1.165, 1.54) is 21.8 Å². The summed E-state index contributed by atoms with van der Waals surface area (Å²) in [6.45, 7) is 0. The number of benzene rings is 8. The van der Waals surface area contributed by atoms with Crippen LogP contribution in [0.5, 0.6) is 0 Å². The van der Waals surface area contributed by atoms with Crippen molar-refractivity contribution in [3.63, 3.8) is 0 Å². The predicted octanol–water partition coefficient (Wildman–Crippen LogP) is 12.7. The summed E-state index contributed by atoms with van der Waals surface area (Å²) in [6, 6.07) is 63.2. The van der Waals surface area contributed by atoms with Crippen molar-refractivity contribution in [1.82, 2.24) is 9.88 Å². The van der Waals surface area contributed by atoms with E-state index in [1.54, 1.807) is 0 Å². The molecule has 1 unspecified atom stereocenters. The molecule has 0 radical (unpaired) electrons. The van der Waals surface area contributed by atoms with Gasteiger partial charge in [0.25, 0.3) is 0 Å². The van der Waals surface area contributed by atoms with E-state index in [4.69, 9.17) is 18.8 Å². The molecule has 12 rings (SSSR count). The van der Waals surface area contributed by atoms with Crippen LogP contribution in [0.15, 0.2) is 201 Å². The van der Waals surface area contributed by atoms with Gasteiger partial charge in [0.1, 0.15) is 34.3 Å². The van der Waals surface area contributed by atoms with Crippen LogP contribution >= 0.6 is 0 Å². The Hall–Kier alpha value is -7.70. The predicted molar refractivity (Wildman–Crippen MR) is 233 cm³/mol. The van der Waals surface area contributed by atoms with Crippen LogP contribution < -0.4 is 5.32 Å². The van der Waals surface area contributed by atoms with Gasteiger partial charge in [-0.25, -0.2) is 9.98 Å². The molecular weight excluding hydrogens is 701 g/mol. The average molecular weight is 733 g/mol. The van der Waals surface area contributed by atoms with E-state index in [1.807, 2.05) is 48.5 Å². The summed E-state index contributed by atoms with van der Waals surface area (Å²) in [5.41, 5.74) is 11.8. The highest BCUT2D eigenvalue weighted by Crippen LogP contribution is 2.40. The Labute approximate surface area is 326 Å². The Balaban J connectivity index is 0.943. The third-order valence-electron chi connectivity index (χ3n) is 11.3. The topological polar surface area (TPSA) is 68.0 Å². The fourth-order valence-electron chi connectivity index (χ4n) is 8.57. The fraction of sp³-hybridized carbons (Fsp3) is 0.0196. The first-order chi connectivity index (χ1) is 28.2. The number of hydrogen-bond donors (Lipinski definition) is 1. The van der Waals surface area contributed by atoms with Crippen molar-refractivity contribution in [1.29, 1.82) is 0 Å². The maximum Gasteiger partial charge on any atom is 0.159 e. The summed E-state index contributed by atoms with van der Waals surface area (Å²) in [4.78, 5) is 10.1. The minimum Gasteiger partial charge on any atom is -0.456 e. The lowest BCUT2D eigenvalue weighted by molar-refractivity contribution is 0.668. The van der Waals surface area contributed by atoms with E-state index >= 15 is 0 Å². The number of nitrogens with one attached hydrogen (secondary N) is 1. The van der Waals surface area contributed by atoms with Crippen LogP contribution in [0.25, 0.3) is 82.5 Å². The van der Waals surface area contributed by atoms with E-state index in [-0.39, 0.29) is 6.17 Å². The number of furan rings is 2. The van der Waals surface area contributed by atoms with Crippen molar-refractivity contribution < 1.29 is 8.83 Å². The highest BCUT2D eigenvalue weighted by Gasteiger charge is 2.22. The molecule has 4 heterocycles. The molecule has 0 spiro atoms. The second-order valence-electron chi connectivity index (χ2n) is 14.6.